The molecule has 0 aliphatic carbocycles. The lowest BCUT2D eigenvalue weighted by Gasteiger charge is -2.22. The maximum atomic E-state index is 11.2. The Labute approximate surface area is 191 Å². The van der Waals surface area contributed by atoms with Crippen LogP contribution >= 0.6 is 0 Å². The van der Waals surface area contributed by atoms with Gasteiger partial charge >= 0.3 is 0 Å². The predicted molar refractivity (Wildman–Crippen MR) is 124 cm³/mol. The minimum Gasteiger partial charge on any atom is -0.395 e. The molecule has 0 bridgehead atoms. The van der Waals surface area contributed by atoms with Crippen LogP contribution in [0.5, 0.6) is 0 Å². The molecule has 0 saturated heterocycles. The molecule has 0 heterocycles. The average molecular weight is 470 g/mol. The van der Waals surface area contributed by atoms with Crippen LogP contribution < -0.4 is 4.90 Å². The number of hydrogen-bond donors (Lipinski definition) is 3. The standard InChI is InChI=1S/C22H23N5O5S/c28-14-12-27(13-15-29)21-10-8-19(9-11-21)24-23-17-4-6-18(7-5-17)25-26-20-2-1-3-22(16-20)33(30,31)32/h1-11,16,28-29H,12-15H2,(H,30,31,32). The number of azo groups is 2. The van der Waals surface area contributed by atoms with Gasteiger partial charge in [-0.25, -0.2) is 0 Å². The van der Waals surface area contributed by atoms with E-state index in [0.717, 1.165) is 5.69 Å². The summed E-state index contributed by atoms with van der Waals surface area (Å²) in [5, 5.41) is 34.7. The van der Waals surface area contributed by atoms with Crippen LogP contribution in [-0.2, 0) is 10.1 Å². The van der Waals surface area contributed by atoms with E-state index in [1.54, 1.807) is 42.5 Å². The number of rotatable bonds is 10. The molecule has 0 spiro atoms. The quantitative estimate of drug-likeness (QED) is 0.293. The molecule has 0 unspecified atom stereocenters. The van der Waals surface area contributed by atoms with E-state index in [-0.39, 0.29) is 23.8 Å². The van der Waals surface area contributed by atoms with Gasteiger partial charge in [-0.05, 0) is 66.7 Å². The van der Waals surface area contributed by atoms with Gasteiger partial charge in [0, 0.05) is 18.8 Å². The molecule has 3 aromatic carbocycles. The van der Waals surface area contributed by atoms with Gasteiger partial charge in [-0.15, -0.1) is 0 Å². The number of benzene rings is 3. The fraction of sp³-hybridized carbons (Fsp3) is 0.182. The summed E-state index contributed by atoms with van der Waals surface area (Å²) < 4.78 is 31.5. The molecular formula is C22H23N5O5S. The smallest absolute Gasteiger partial charge is 0.294 e. The largest absolute Gasteiger partial charge is 0.395 e. The molecular weight excluding hydrogens is 446 g/mol. The Morgan fingerprint density at radius 2 is 1.12 bits per heavy atom. The van der Waals surface area contributed by atoms with Gasteiger partial charge in [-0.1, -0.05) is 6.07 Å². The first-order valence-corrected chi connectivity index (χ1v) is 11.4. The Bertz CT molecular complexity index is 1210. The second kappa shape index (κ2) is 11.4. The van der Waals surface area contributed by atoms with E-state index in [1.165, 1.54) is 18.2 Å². The minimum absolute atomic E-state index is 0.00598. The lowest BCUT2D eigenvalue weighted by Crippen LogP contribution is -2.29. The van der Waals surface area contributed by atoms with E-state index in [4.69, 9.17) is 14.8 Å². The molecule has 3 rings (SSSR count). The lowest BCUT2D eigenvalue weighted by atomic mass is 10.2. The van der Waals surface area contributed by atoms with E-state index in [9.17, 15) is 8.42 Å². The van der Waals surface area contributed by atoms with Gasteiger partial charge in [0.15, 0.2) is 0 Å². The van der Waals surface area contributed by atoms with Crippen LogP contribution in [0, 0.1) is 0 Å². The zero-order chi connectivity index (χ0) is 23.7. The Morgan fingerprint density at radius 1 is 0.667 bits per heavy atom. The summed E-state index contributed by atoms with van der Waals surface area (Å²) in [7, 11) is -4.30. The number of hydrogen-bond acceptors (Lipinski definition) is 9. The van der Waals surface area contributed by atoms with E-state index >= 15 is 0 Å². The Kier molecular flexibility index (Phi) is 8.33. The van der Waals surface area contributed by atoms with Crippen molar-refractivity contribution in [3.05, 3.63) is 72.8 Å². The van der Waals surface area contributed by atoms with Crippen LogP contribution in [0.1, 0.15) is 0 Å². The molecule has 0 fully saturated rings. The molecule has 3 N–H and O–H groups in total. The van der Waals surface area contributed by atoms with Gasteiger partial charge in [-0.2, -0.15) is 28.9 Å². The fourth-order valence-corrected chi connectivity index (χ4v) is 3.38. The molecule has 0 amide bonds. The summed E-state index contributed by atoms with van der Waals surface area (Å²) >= 11 is 0. The van der Waals surface area contributed by atoms with Crippen molar-refractivity contribution >= 4 is 38.6 Å². The molecule has 0 aromatic heterocycles. The highest BCUT2D eigenvalue weighted by Crippen LogP contribution is 2.25. The summed E-state index contributed by atoms with van der Waals surface area (Å²) in [6.07, 6.45) is 0. The number of aliphatic hydroxyl groups excluding tert-OH is 2. The van der Waals surface area contributed by atoms with Gasteiger partial charge in [0.1, 0.15) is 0 Å². The highest BCUT2D eigenvalue weighted by Gasteiger charge is 2.09. The van der Waals surface area contributed by atoms with Gasteiger partial charge in [0.2, 0.25) is 0 Å². The average Bonchev–Trinajstić information content (AvgIpc) is 2.82. The topological polar surface area (TPSA) is 148 Å². The summed E-state index contributed by atoms with van der Waals surface area (Å²) in [5.41, 5.74) is 2.94. The maximum absolute atomic E-state index is 11.2. The molecule has 0 aliphatic heterocycles. The Morgan fingerprint density at radius 3 is 1.58 bits per heavy atom. The molecule has 11 heteroatoms. The molecule has 10 nitrogen and oxygen atoms in total. The van der Waals surface area contributed by atoms with Gasteiger partial charge in [0.25, 0.3) is 10.1 Å². The van der Waals surface area contributed by atoms with Crippen molar-refractivity contribution in [3.63, 3.8) is 0 Å². The van der Waals surface area contributed by atoms with Crippen molar-refractivity contribution < 1.29 is 23.2 Å². The van der Waals surface area contributed by atoms with Crippen molar-refractivity contribution in [1.82, 2.24) is 0 Å². The fourth-order valence-electron chi connectivity index (χ4n) is 2.86. The summed E-state index contributed by atoms with van der Waals surface area (Å²) in [6.45, 7) is 0.843. The van der Waals surface area contributed by atoms with Crippen molar-refractivity contribution in [2.45, 2.75) is 4.90 Å². The highest BCUT2D eigenvalue weighted by atomic mass is 32.2. The molecule has 0 radical (unpaired) electrons. The van der Waals surface area contributed by atoms with Crippen LogP contribution in [0.15, 0.2) is 98.1 Å². The van der Waals surface area contributed by atoms with Crippen molar-refractivity contribution in [1.29, 1.82) is 0 Å². The van der Waals surface area contributed by atoms with Gasteiger partial charge in [-0.3, -0.25) is 4.55 Å². The molecule has 172 valence electrons. The molecule has 33 heavy (non-hydrogen) atoms. The van der Waals surface area contributed by atoms with Crippen molar-refractivity contribution in [3.8, 4) is 0 Å². The monoisotopic (exact) mass is 469 g/mol. The van der Waals surface area contributed by atoms with Crippen LogP contribution in [0.25, 0.3) is 0 Å². The Balaban J connectivity index is 1.64. The summed E-state index contributed by atoms with van der Waals surface area (Å²) in [6, 6.07) is 19.6. The Hall–Kier alpha value is -3.51. The third-order valence-corrected chi connectivity index (χ3v) is 5.33. The van der Waals surface area contributed by atoms with Gasteiger partial charge in [0.05, 0.1) is 40.9 Å². The van der Waals surface area contributed by atoms with E-state index in [0.29, 0.717) is 30.2 Å². The summed E-state index contributed by atoms with van der Waals surface area (Å²) in [4.78, 5) is 1.62. The maximum Gasteiger partial charge on any atom is 0.294 e. The van der Waals surface area contributed by atoms with E-state index in [1.807, 2.05) is 17.0 Å². The zero-order valence-electron chi connectivity index (χ0n) is 17.6. The van der Waals surface area contributed by atoms with E-state index < -0.39 is 10.1 Å². The first-order valence-electron chi connectivity index (χ1n) is 9.97. The first-order chi connectivity index (χ1) is 15.9. The third kappa shape index (κ3) is 7.26. The summed E-state index contributed by atoms with van der Waals surface area (Å²) in [5.74, 6) is 0. The number of aliphatic hydroxyl groups is 2. The van der Waals surface area contributed by atoms with E-state index in [2.05, 4.69) is 20.5 Å². The SMILES string of the molecule is O=S(=O)(O)c1cccc(N=Nc2ccc(N=Nc3ccc(N(CCO)CCO)cc3)cc2)c1. The lowest BCUT2D eigenvalue weighted by molar-refractivity contribution is 0.281. The highest BCUT2D eigenvalue weighted by molar-refractivity contribution is 7.85. The zero-order valence-corrected chi connectivity index (χ0v) is 18.4. The second-order valence-corrected chi connectivity index (χ2v) is 8.26. The predicted octanol–water partition coefficient (Wildman–Crippen LogP) is 4.56. The van der Waals surface area contributed by atoms with Gasteiger partial charge < -0.3 is 15.1 Å². The number of nitrogens with zero attached hydrogens (tertiary/aromatic N) is 5. The second-order valence-electron chi connectivity index (χ2n) is 6.84. The van der Waals surface area contributed by atoms with Crippen LogP contribution in [0.2, 0.25) is 0 Å². The molecule has 0 aliphatic rings. The number of anilines is 1. The first kappa shape index (κ1) is 24.1. The van der Waals surface area contributed by atoms with Crippen molar-refractivity contribution in [2.75, 3.05) is 31.2 Å². The van der Waals surface area contributed by atoms with Crippen LogP contribution in [-0.4, -0.2) is 49.5 Å². The third-order valence-electron chi connectivity index (χ3n) is 4.48. The van der Waals surface area contributed by atoms with Crippen LogP contribution in [0.3, 0.4) is 0 Å². The molecule has 0 atom stereocenters. The normalized spacial score (nSPS) is 12.0. The molecule has 0 saturated carbocycles. The molecule has 3 aromatic rings. The van der Waals surface area contributed by atoms with Crippen LogP contribution in [0.4, 0.5) is 28.4 Å². The van der Waals surface area contributed by atoms with Crippen molar-refractivity contribution in [2.24, 2.45) is 20.5 Å². The minimum atomic E-state index is -4.30.